The van der Waals surface area contributed by atoms with E-state index in [0.717, 1.165) is 5.56 Å². The molecular weight excluding hydrogens is 362 g/mol. The van der Waals surface area contributed by atoms with Crippen molar-refractivity contribution in [3.05, 3.63) is 47.0 Å². The predicted octanol–water partition coefficient (Wildman–Crippen LogP) is 1.20. The molecule has 5 unspecified atom stereocenters. The minimum atomic E-state index is -1.41. The molecule has 1 spiro atoms. The van der Waals surface area contributed by atoms with Crippen molar-refractivity contribution in [2.75, 3.05) is 6.54 Å². The van der Waals surface area contributed by atoms with Gasteiger partial charge in [0, 0.05) is 11.6 Å². The van der Waals surface area contributed by atoms with Gasteiger partial charge in [0.2, 0.25) is 5.91 Å². The number of halogens is 1. The minimum Gasteiger partial charge on any atom is -0.481 e. The molecule has 26 heavy (non-hydrogen) atoms. The predicted molar refractivity (Wildman–Crippen MR) is 89.7 cm³/mol. The fraction of sp³-hybridized carbons (Fsp3) is 0.389. The van der Waals surface area contributed by atoms with E-state index < -0.39 is 47.4 Å². The molecule has 136 valence electrons. The topological polar surface area (TPSA) is 104 Å². The number of fused-ring (bicyclic) bond motifs is 1. The first kappa shape index (κ1) is 17.1. The molecule has 2 saturated heterocycles. The van der Waals surface area contributed by atoms with Gasteiger partial charge in [-0.3, -0.25) is 9.59 Å². The largest absolute Gasteiger partial charge is 0.481 e. The third kappa shape index (κ3) is 2.27. The molecule has 2 fully saturated rings. The quantitative estimate of drug-likeness (QED) is 0.747. The fourth-order valence-corrected chi connectivity index (χ4v) is 4.50. The van der Waals surface area contributed by atoms with Crippen molar-refractivity contribution in [1.82, 2.24) is 4.90 Å². The lowest BCUT2D eigenvalue weighted by molar-refractivity contribution is -0.153. The van der Waals surface area contributed by atoms with E-state index in [0.29, 0.717) is 11.4 Å². The summed E-state index contributed by atoms with van der Waals surface area (Å²) in [5.74, 6) is -4.90. The molecule has 1 amide bonds. The number of aliphatic carboxylic acids is 2. The molecule has 7 nitrogen and oxygen atoms in total. The highest BCUT2D eigenvalue weighted by Crippen LogP contribution is 2.54. The summed E-state index contributed by atoms with van der Waals surface area (Å²) in [6, 6.07) is 5.81. The maximum atomic E-state index is 12.9. The lowest BCUT2D eigenvalue weighted by Crippen LogP contribution is -2.50. The SMILES string of the molecule is O=C(O)C1C2C=CC3(O2)C1C(=O)N(CCc1ccc(Cl)cc1)C3C(=O)O. The van der Waals surface area contributed by atoms with Crippen LogP contribution in [0.1, 0.15) is 5.56 Å². The van der Waals surface area contributed by atoms with Crippen LogP contribution in [-0.4, -0.2) is 57.3 Å². The minimum absolute atomic E-state index is 0.157. The van der Waals surface area contributed by atoms with Gasteiger partial charge >= 0.3 is 11.9 Å². The van der Waals surface area contributed by atoms with Crippen LogP contribution in [0.25, 0.3) is 0 Å². The molecule has 0 saturated carbocycles. The number of hydrogen-bond acceptors (Lipinski definition) is 4. The van der Waals surface area contributed by atoms with Crippen molar-refractivity contribution in [2.45, 2.75) is 24.2 Å². The van der Waals surface area contributed by atoms with E-state index in [1.165, 1.54) is 4.90 Å². The fourth-order valence-electron chi connectivity index (χ4n) is 4.37. The average Bonchev–Trinajstić information content (AvgIpc) is 3.21. The molecule has 4 rings (SSSR count). The van der Waals surface area contributed by atoms with Gasteiger partial charge in [0.25, 0.3) is 0 Å². The van der Waals surface area contributed by atoms with E-state index in [4.69, 9.17) is 16.3 Å². The van der Waals surface area contributed by atoms with Crippen LogP contribution in [0.4, 0.5) is 0 Å². The molecule has 0 aliphatic carbocycles. The number of carbonyl (C=O) groups is 3. The first-order valence-corrected chi connectivity index (χ1v) is 8.60. The van der Waals surface area contributed by atoms with E-state index in [1.54, 1.807) is 36.4 Å². The number of amides is 1. The summed E-state index contributed by atoms with van der Waals surface area (Å²) in [7, 11) is 0. The summed E-state index contributed by atoms with van der Waals surface area (Å²) in [4.78, 5) is 37.7. The standard InChI is InChI=1S/C18H16ClNO6/c19-10-3-1-9(2-4-10)6-8-20-14(17(24)25)18-7-5-11(26-18)12(16(22)23)13(18)15(20)21/h1-5,7,11-14H,6,8H2,(H,22,23)(H,24,25). The summed E-state index contributed by atoms with van der Waals surface area (Å²) < 4.78 is 5.75. The van der Waals surface area contributed by atoms with Gasteiger partial charge in [0.1, 0.15) is 11.5 Å². The maximum absolute atomic E-state index is 12.9. The van der Waals surface area contributed by atoms with Crippen LogP contribution in [0.3, 0.4) is 0 Å². The van der Waals surface area contributed by atoms with E-state index in [2.05, 4.69) is 0 Å². The Balaban J connectivity index is 1.64. The summed E-state index contributed by atoms with van der Waals surface area (Å²) in [6.45, 7) is 0.157. The number of ether oxygens (including phenoxy) is 1. The van der Waals surface area contributed by atoms with Crippen molar-refractivity contribution in [3.63, 3.8) is 0 Å². The number of benzene rings is 1. The van der Waals surface area contributed by atoms with Crippen LogP contribution in [0.15, 0.2) is 36.4 Å². The zero-order valence-corrected chi connectivity index (χ0v) is 14.3. The summed E-state index contributed by atoms with van der Waals surface area (Å²) in [5.41, 5.74) is -0.507. The lowest BCUT2D eigenvalue weighted by Gasteiger charge is -2.29. The van der Waals surface area contributed by atoms with Crippen LogP contribution in [0.2, 0.25) is 5.02 Å². The molecule has 0 radical (unpaired) electrons. The van der Waals surface area contributed by atoms with Crippen LogP contribution in [-0.2, 0) is 25.5 Å². The number of nitrogens with zero attached hydrogens (tertiary/aromatic N) is 1. The van der Waals surface area contributed by atoms with Crippen LogP contribution in [0.5, 0.6) is 0 Å². The molecule has 2 N–H and O–H groups in total. The third-order valence-corrected chi connectivity index (χ3v) is 5.70. The Morgan fingerprint density at radius 2 is 1.88 bits per heavy atom. The van der Waals surface area contributed by atoms with E-state index in [1.807, 2.05) is 0 Å². The van der Waals surface area contributed by atoms with Gasteiger partial charge < -0.3 is 19.8 Å². The molecule has 5 atom stereocenters. The van der Waals surface area contributed by atoms with Gasteiger partial charge in [-0.1, -0.05) is 35.9 Å². The summed E-state index contributed by atoms with van der Waals surface area (Å²) in [5, 5.41) is 19.8. The normalized spacial score (nSPS) is 34.3. The van der Waals surface area contributed by atoms with Crippen molar-refractivity contribution in [3.8, 4) is 0 Å². The van der Waals surface area contributed by atoms with Crippen LogP contribution < -0.4 is 0 Å². The van der Waals surface area contributed by atoms with Gasteiger partial charge in [-0.25, -0.2) is 4.79 Å². The molecule has 8 heteroatoms. The number of rotatable bonds is 5. The van der Waals surface area contributed by atoms with Gasteiger partial charge in [-0.15, -0.1) is 0 Å². The van der Waals surface area contributed by atoms with Crippen molar-refractivity contribution in [1.29, 1.82) is 0 Å². The highest BCUT2D eigenvalue weighted by atomic mass is 35.5. The first-order chi connectivity index (χ1) is 12.3. The Hall–Kier alpha value is -2.38. The Kier molecular flexibility index (Phi) is 3.82. The van der Waals surface area contributed by atoms with Gasteiger partial charge in [0.15, 0.2) is 6.04 Å². The summed E-state index contributed by atoms with van der Waals surface area (Å²) >= 11 is 5.86. The Morgan fingerprint density at radius 1 is 1.19 bits per heavy atom. The second kappa shape index (κ2) is 5.82. The Labute approximate surface area is 153 Å². The number of likely N-dealkylation sites (tertiary alicyclic amines) is 1. The van der Waals surface area contributed by atoms with Crippen molar-refractivity contribution < 1.29 is 29.3 Å². The highest BCUT2D eigenvalue weighted by molar-refractivity contribution is 6.30. The van der Waals surface area contributed by atoms with Crippen LogP contribution in [0, 0.1) is 11.8 Å². The molecule has 0 aromatic heterocycles. The first-order valence-electron chi connectivity index (χ1n) is 8.23. The molecule has 3 heterocycles. The number of carboxylic acids is 2. The highest BCUT2D eigenvalue weighted by Gasteiger charge is 2.73. The monoisotopic (exact) mass is 377 g/mol. The molecule has 1 aromatic rings. The zero-order valence-electron chi connectivity index (χ0n) is 13.5. The molecule has 2 bridgehead atoms. The molecule has 3 aliphatic rings. The van der Waals surface area contributed by atoms with E-state index in [9.17, 15) is 24.6 Å². The lowest BCUT2D eigenvalue weighted by atomic mass is 9.75. The van der Waals surface area contributed by atoms with Gasteiger partial charge in [-0.05, 0) is 24.1 Å². The Morgan fingerprint density at radius 3 is 2.50 bits per heavy atom. The molecular formula is C18H16ClNO6. The zero-order chi connectivity index (χ0) is 18.6. The Bertz CT molecular complexity index is 821. The van der Waals surface area contributed by atoms with E-state index >= 15 is 0 Å². The number of hydrogen-bond donors (Lipinski definition) is 2. The van der Waals surface area contributed by atoms with Crippen molar-refractivity contribution in [2.24, 2.45) is 11.8 Å². The third-order valence-electron chi connectivity index (χ3n) is 5.45. The number of carboxylic acid groups (broad SMARTS) is 2. The van der Waals surface area contributed by atoms with Crippen molar-refractivity contribution >= 4 is 29.4 Å². The summed E-state index contributed by atoms with van der Waals surface area (Å²) in [6.07, 6.45) is 2.78. The second-order valence-electron chi connectivity index (χ2n) is 6.79. The maximum Gasteiger partial charge on any atom is 0.329 e. The molecule has 1 aromatic carbocycles. The van der Waals surface area contributed by atoms with Gasteiger partial charge in [-0.2, -0.15) is 0 Å². The van der Waals surface area contributed by atoms with E-state index in [-0.39, 0.29) is 6.54 Å². The van der Waals surface area contributed by atoms with Gasteiger partial charge in [0.05, 0.1) is 12.0 Å². The second-order valence-corrected chi connectivity index (χ2v) is 7.22. The smallest absolute Gasteiger partial charge is 0.329 e. The number of carbonyl (C=O) groups excluding carboxylic acids is 1. The average molecular weight is 378 g/mol. The van der Waals surface area contributed by atoms with Crippen LogP contribution >= 0.6 is 11.6 Å². The molecule has 3 aliphatic heterocycles.